The number of aromatic nitrogens is 2. The van der Waals surface area contributed by atoms with Crippen molar-refractivity contribution in [2.24, 2.45) is 0 Å². The summed E-state index contributed by atoms with van der Waals surface area (Å²) in [6.07, 6.45) is -0.602. The highest BCUT2D eigenvalue weighted by Gasteiger charge is 2.34. The first-order valence-electron chi connectivity index (χ1n) is 12.8. The molecule has 0 fully saturated rings. The van der Waals surface area contributed by atoms with Crippen LogP contribution in [0, 0.1) is 0 Å². The summed E-state index contributed by atoms with van der Waals surface area (Å²) in [7, 11) is 0. The Labute approximate surface area is 238 Å². The molecule has 216 valence electrons. The quantitative estimate of drug-likeness (QED) is 0.291. The molecule has 0 saturated heterocycles. The monoisotopic (exact) mass is 579 g/mol. The highest BCUT2D eigenvalue weighted by molar-refractivity contribution is 6.02. The van der Waals surface area contributed by atoms with Gasteiger partial charge in [0, 0.05) is 24.5 Å². The van der Waals surface area contributed by atoms with Gasteiger partial charge in [0.2, 0.25) is 0 Å². The van der Waals surface area contributed by atoms with Crippen molar-refractivity contribution in [1.82, 2.24) is 14.9 Å². The number of aliphatic carboxylic acids is 1. The van der Waals surface area contributed by atoms with Crippen LogP contribution in [0.1, 0.15) is 21.5 Å². The summed E-state index contributed by atoms with van der Waals surface area (Å²) in [4.78, 5) is 34.7. The summed E-state index contributed by atoms with van der Waals surface area (Å²) >= 11 is 0. The van der Waals surface area contributed by atoms with Crippen LogP contribution >= 0.6 is 0 Å². The average molecular weight is 580 g/mol. The number of fused-ring (bicyclic) bond motifs is 1. The van der Waals surface area contributed by atoms with E-state index in [1.807, 2.05) is 0 Å². The molecule has 2 aromatic carbocycles. The van der Waals surface area contributed by atoms with Gasteiger partial charge in [0.1, 0.15) is 29.4 Å². The molecule has 0 radical (unpaired) electrons. The zero-order chi connectivity index (χ0) is 29.7. The normalized spacial score (nSPS) is 14.9. The number of carboxylic acid groups (broad SMARTS) is 1. The van der Waals surface area contributed by atoms with Crippen LogP contribution in [0.15, 0.2) is 85.3 Å². The number of carbonyl (C=O) groups excluding carboxylic acids is 1. The first-order chi connectivity index (χ1) is 20.2. The second-order valence-corrected chi connectivity index (χ2v) is 9.36. The summed E-state index contributed by atoms with van der Waals surface area (Å²) in [5.41, 5.74) is 0.412. The Morgan fingerprint density at radius 2 is 1.83 bits per heavy atom. The Balaban J connectivity index is 1.49. The number of rotatable bonds is 9. The molecule has 0 aliphatic carbocycles. The SMILES string of the molecule is O=C(O)COc1ccc(-c2nccc3c2C(=O)N(Cc2cccc(C(F)(F)F)c2)CC(COc2cccnc2)O3)cc1. The van der Waals surface area contributed by atoms with E-state index in [0.717, 1.165) is 12.1 Å². The number of carbonyl (C=O) groups is 2. The molecule has 4 aromatic rings. The number of benzene rings is 2. The van der Waals surface area contributed by atoms with Gasteiger partial charge in [-0.1, -0.05) is 12.1 Å². The minimum absolute atomic E-state index is 0.0193. The van der Waals surface area contributed by atoms with Crippen molar-refractivity contribution in [2.75, 3.05) is 19.8 Å². The Hall–Kier alpha value is -5.13. The maximum atomic E-state index is 14.0. The lowest BCUT2D eigenvalue weighted by molar-refractivity contribution is -0.139. The largest absolute Gasteiger partial charge is 0.488 e. The van der Waals surface area contributed by atoms with Crippen molar-refractivity contribution >= 4 is 11.9 Å². The maximum absolute atomic E-state index is 14.0. The zero-order valence-corrected chi connectivity index (χ0v) is 22.0. The molecular weight excluding hydrogens is 555 g/mol. The predicted molar refractivity (Wildman–Crippen MR) is 143 cm³/mol. The third kappa shape index (κ3) is 6.77. The number of amides is 1. The number of pyridine rings is 2. The highest BCUT2D eigenvalue weighted by Crippen LogP contribution is 2.35. The summed E-state index contributed by atoms with van der Waals surface area (Å²) < 4.78 is 57.4. The van der Waals surface area contributed by atoms with Gasteiger partial charge in [-0.3, -0.25) is 14.8 Å². The average Bonchev–Trinajstić information content (AvgIpc) is 3.11. The molecule has 0 bridgehead atoms. The Bertz CT molecular complexity index is 1570. The van der Waals surface area contributed by atoms with Gasteiger partial charge in [-0.05, 0) is 60.2 Å². The molecule has 1 atom stereocenters. The van der Waals surface area contributed by atoms with Crippen LogP contribution in [0.3, 0.4) is 0 Å². The van der Waals surface area contributed by atoms with E-state index in [2.05, 4.69) is 9.97 Å². The lowest BCUT2D eigenvalue weighted by atomic mass is 10.0. The number of ether oxygens (including phenoxy) is 3. The highest BCUT2D eigenvalue weighted by atomic mass is 19.4. The van der Waals surface area contributed by atoms with Crippen LogP contribution in [0.2, 0.25) is 0 Å². The molecule has 2 aromatic heterocycles. The standard InChI is InChI=1S/C30H24F3N3O6/c31-30(32,33)21-4-1-3-19(13-21)15-36-16-24(17-40-23-5-2-11-34-14-23)42-25-10-12-35-28(27(25)29(36)39)20-6-8-22(9-7-20)41-18-26(37)38/h1-14,24H,15-18H2,(H,37,38). The summed E-state index contributed by atoms with van der Waals surface area (Å²) in [6, 6.07) is 16.1. The number of nitrogens with zero attached hydrogens (tertiary/aromatic N) is 3. The van der Waals surface area contributed by atoms with Crippen LogP contribution in [0.4, 0.5) is 13.2 Å². The van der Waals surface area contributed by atoms with Crippen LogP contribution in [0.25, 0.3) is 11.3 Å². The van der Waals surface area contributed by atoms with Crippen LogP contribution in [-0.4, -0.2) is 57.7 Å². The number of alkyl halides is 3. The lowest BCUT2D eigenvalue weighted by Gasteiger charge is -2.25. The predicted octanol–water partition coefficient (Wildman–Crippen LogP) is 5.11. The van der Waals surface area contributed by atoms with Crippen LogP contribution in [-0.2, 0) is 17.5 Å². The molecule has 1 amide bonds. The lowest BCUT2D eigenvalue weighted by Crippen LogP contribution is -2.39. The van der Waals surface area contributed by atoms with E-state index in [1.54, 1.807) is 48.7 Å². The van der Waals surface area contributed by atoms with E-state index in [0.29, 0.717) is 22.6 Å². The molecule has 12 heteroatoms. The summed E-state index contributed by atoms with van der Waals surface area (Å²) in [5, 5.41) is 8.85. The maximum Gasteiger partial charge on any atom is 0.416 e. The minimum atomic E-state index is -4.54. The van der Waals surface area contributed by atoms with E-state index in [1.165, 1.54) is 29.4 Å². The van der Waals surface area contributed by atoms with Gasteiger partial charge < -0.3 is 24.2 Å². The molecule has 1 N–H and O–H groups in total. The molecular formula is C30H24F3N3O6. The molecule has 9 nitrogen and oxygen atoms in total. The van der Waals surface area contributed by atoms with E-state index < -0.39 is 36.3 Å². The number of carboxylic acids is 1. The van der Waals surface area contributed by atoms with Gasteiger partial charge in [-0.25, -0.2) is 4.79 Å². The van der Waals surface area contributed by atoms with Gasteiger partial charge in [-0.2, -0.15) is 13.2 Å². The van der Waals surface area contributed by atoms with Gasteiger partial charge in [0.15, 0.2) is 12.7 Å². The fourth-order valence-corrected chi connectivity index (χ4v) is 4.44. The van der Waals surface area contributed by atoms with E-state index in [9.17, 15) is 22.8 Å². The molecule has 3 heterocycles. The topological polar surface area (TPSA) is 111 Å². The van der Waals surface area contributed by atoms with Crippen molar-refractivity contribution in [3.8, 4) is 28.5 Å². The molecule has 1 aliphatic heterocycles. The Morgan fingerprint density at radius 3 is 2.55 bits per heavy atom. The van der Waals surface area contributed by atoms with E-state index >= 15 is 0 Å². The Morgan fingerprint density at radius 1 is 1.02 bits per heavy atom. The molecule has 5 rings (SSSR count). The Kier molecular flexibility index (Phi) is 8.23. The third-order valence-electron chi connectivity index (χ3n) is 6.32. The fraction of sp³-hybridized carbons (Fsp3) is 0.200. The fourth-order valence-electron chi connectivity index (χ4n) is 4.44. The summed E-state index contributed by atoms with van der Waals surface area (Å²) in [6.45, 7) is -0.584. The zero-order valence-electron chi connectivity index (χ0n) is 22.0. The molecule has 0 saturated carbocycles. The minimum Gasteiger partial charge on any atom is -0.488 e. The molecule has 0 spiro atoms. The number of hydrogen-bond acceptors (Lipinski definition) is 7. The van der Waals surface area contributed by atoms with Gasteiger partial charge in [0.25, 0.3) is 5.91 Å². The third-order valence-corrected chi connectivity index (χ3v) is 6.32. The van der Waals surface area contributed by atoms with Crippen LogP contribution < -0.4 is 14.2 Å². The second kappa shape index (κ2) is 12.2. The van der Waals surface area contributed by atoms with Crippen molar-refractivity contribution in [1.29, 1.82) is 0 Å². The molecule has 42 heavy (non-hydrogen) atoms. The number of halogens is 3. The van der Waals surface area contributed by atoms with Gasteiger partial charge >= 0.3 is 12.1 Å². The van der Waals surface area contributed by atoms with E-state index in [4.69, 9.17) is 19.3 Å². The van der Waals surface area contributed by atoms with Crippen molar-refractivity contribution in [2.45, 2.75) is 18.8 Å². The summed E-state index contributed by atoms with van der Waals surface area (Å²) in [5.74, 6) is -0.575. The number of hydrogen-bond donors (Lipinski definition) is 1. The van der Waals surface area contributed by atoms with Gasteiger partial charge in [0.05, 0.1) is 24.0 Å². The smallest absolute Gasteiger partial charge is 0.416 e. The van der Waals surface area contributed by atoms with Crippen molar-refractivity contribution < 1.29 is 42.1 Å². The first-order valence-corrected chi connectivity index (χ1v) is 12.8. The first kappa shape index (κ1) is 28.4. The van der Waals surface area contributed by atoms with Gasteiger partial charge in [-0.15, -0.1) is 0 Å². The second-order valence-electron chi connectivity index (χ2n) is 9.36. The molecule has 1 aliphatic rings. The molecule has 1 unspecified atom stereocenters. The van der Waals surface area contributed by atoms with Crippen molar-refractivity contribution in [3.63, 3.8) is 0 Å². The van der Waals surface area contributed by atoms with Crippen molar-refractivity contribution in [3.05, 3.63) is 102 Å². The van der Waals surface area contributed by atoms with Crippen LogP contribution in [0.5, 0.6) is 17.2 Å². The van der Waals surface area contributed by atoms with E-state index in [-0.39, 0.29) is 36.7 Å².